The number of nitrogens with zero attached hydrogens (tertiary/aromatic N) is 6. The summed E-state index contributed by atoms with van der Waals surface area (Å²) >= 11 is 0. The topological polar surface area (TPSA) is 80.6 Å². The van der Waals surface area contributed by atoms with Crippen molar-refractivity contribution in [2.45, 2.75) is 38.8 Å². The van der Waals surface area contributed by atoms with Crippen LogP contribution in [0.4, 0.5) is 11.4 Å². The molecular weight excluding hydrogens is 490 g/mol. The molecule has 0 amide bonds. The third-order valence-electron chi connectivity index (χ3n) is 7.33. The van der Waals surface area contributed by atoms with Crippen LogP contribution in [0.25, 0.3) is 22.3 Å². The van der Waals surface area contributed by atoms with Crippen molar-refractivity contribution in [2.24, 2.45) is 0 Å². The van der Waals surface area contributed by atoms with Gasteiger partial charge in [-0.25, -0.2) is 4.98 Å². The van der Waals surface area contributed by atoms with Gasteiger partial charge in [-0.2, -0.15) is 5.10 Å². The second-order valence-electron chi connectivity index (χ2n) is 10.5. The highest BCUT2D eigenvalue weighted by Gasteiger charge is 2.20. The van der Waals surface area contributed by atoms with Gasteiger partial charge in [0.1, 0.15) is 11.5 Å². The first kappa shape index (κ1) is 26.9. The number of nitrogens with one attached hydrogen (secondary N) is 1. The lowest BCUT2D eigenvalue weighted by Gasteiger charge is -2.28. The zero-order valence-corrected chi connectivity index (χ0v) is 23.6. The lowest BCUT2D eigenvalue weighted by Crippen LogP contribution is -2.32. The average molecular weight is 530 g/mol. The van der Waals surface area contributed by atoms with E-state index in [9.17, 15) is 0 Å². The Kier molecular flexibility index (Phi) is 8.28. The molecule has 0 aliphatic carbocycles. The molecule has 4 aromatic rings. The Morgan fingerprint density at radius 3 is 2.41 bits per heavy atom. The first-order valence-electron chi connectivity index (χ1n) is 13.7. The number of hydrogen-bond donors (Lipinski definition) is 1. The van der Waals surface area contributed by atoms with E-state index in [1.807, 2.05) is 36.7 Å². The molecule has 2 aromatic carbocycles. The van der Waals surface area contributed by atoms with Gasteiger partial charge in [-0.1, -0.05) is 13.8 Å². The van der Waals surface area contributed by atoms with Crippen molar-refractivity contribution in [1.82, 2.24) is 30.0 Å². The van der Waals surface area contributed by atoms with E-state index in [0.29, 0.717) is 12.1 Å². The van der Waals surface area contributed by atoms with E-state index in [0.717, 1.165) is 84.2 Å². The van der Waals surface area contributed by atoms with Crippen LogP contribution in [0.1, 0.15) is 32.7 Å². The predicted molar refractivity (Wildman–Crippen MR) is 156 cm³/mol. The molecule has 0 radical (unpaired) electrons. The van der Waals surface area contributed by atoms with Crippen LogP contribution in [0, 0.1) is 0 Å². The quantitative estimate of drug-likeness (QED) is 0.310. The first-order valence-corrected chi connectivity index (χ1v) is 13.7. The van der Waals surface area contributed by atoms with E-state index < -0.39 is 0 Å². The Hall–Kier alpha value is -3.69. The molecular formula is C30H39N7O2. The number of piperidine rings is 1. The molecule has 206 valence electrons. The fourth-order valence-corrected chi connectivity index (χ4v) is 5.06. The molecule has 0 bridgehead atoms. The molecule has 1 saturated heterocycles. The van der Waals surface area contributed by atoms with Crippen LogP contribution in [0.5, 0.6) is 11.5 Å². The van der Waals surface area contributed by atoms with Crippen LogP contribution < -0.4 is 19.7 Å². The van der Waals surface area contributed by atoms with Crippen molar-refractivity contribution in [3.05, 3.63) is 55.0 Å². The van der Waals surface area contributed by atoms with Gasteiger partial charge in [0.25, 0.3) is 0 Å². The second-order valence-corrected chi connectivity index (χ2v) is 10.5. The number of methoxy groups -OCH3 is 2. The van der Waals surface area contributed by atoms with Gasteiger partial charge in [0, 0.05) is 60.5 Å². The van der Waals surface area contributed by atoms with Gasteiger partial charge in [-0.05, 0) is 51.2 Å². The zero-order chi connectivity index (χ0) is 27.4. The largest absolute Gasteiger partial charge is 0.497 e. The molecule has 39 heavy (non-hydrogen) atoms. The van der Waals surface area contributed by atoms with Crippen molar-refractivity contribution < 1.29 is 9.47 Å². The molecule has 0 saturated carbocycles. The molecule has 9 heteroatoms. The van der Waals surface area contributed by atoms with E-state index >= 15 is 0 Å². The third-order valence-corrected chi connectivity index (χ3v) is 7.33. The van der Waals surface area contributed by atoms with Crippen LogP contribution in [-0.2, 0) is 0 Å². The standard InChI is InChI=1S/C30H39N7O2/c1-21(2)31-10-13-36(25-14-26(38-4)17-27(15-25)39-5)24-6-7-28-29(16-24)34-30(19-32-28)22-18-33-37(20-22)23-8-11-35(3)12-9-23/h6-7,14-21,23,31H,8-13H2,1-5H3. The minimum Gasteiger partial charge on any atom is -0.497 e. The fraction of sp³-hybridized carbons (Fsp3) is 0.433. The zero-order valence-electron chi connectivity index (χ0n) is 23.6. The highest BCUT2D eigenvalue weighted by atomic mass is 16.5. The van der Waals surface area contributed by atoms with Crippen LogP contribution in [0.15, 0.2) is 55.0 Å². The Morgan fingerprint density at radius 2 is 1.72 bits per heavy atom. The molecule has 1 aliphatic heterocycles. The Bertz CT molecular complexity index is 1370. The summed E-state index contributed by atoms with van der Waals surface area (Å²) in [5, 5.41) is 8.21. The Labute approximate surface area is 230 Å². The number of benzene rings is 2. The normalized spacial score (nSPS) is 14.7. The van der Waals surface area contributed by atoms with Crippen LogP contribution in [-0.4, -0.2) is 78.1 Å². The lowest BCUT2D eigenvalue weighted by atomic mass is 10.1. The van der Waals surface area contributed by atoms with Crippen molar-refractivity contribution in [3.8, 4) is 22.8 Å². The average Bonchev–Trinajstić information content (AvgIpc) is 3.45. The van der Waals surface area contributed by atoms with Gasteiger partial charge in [0.2, 0.25) is 0 Å². The van der Waals surface area contributed by atoms with E-state index in [4.69, 9.17) is 19.4 Å². The first-order chi connectivity index (χ1) is 18.9. The highest BCUT2D eigenvalue weighted by Crippen LogP contribution is 2.34. The number of anilines is 2. The van der Waals surface area contributed by atoms with E-state index in [2.05, 4.69) is 64.1 Å². The smallest absolute Gasteiger partial charge is 0.124 e. The maximum Gasteiger partial charge on any atom is 0.124 e. The minimum absolute atomic E-state index is 0.396. The molecule has 3 heterocycles. The van der Waals surface area contributed by atoms with E-state index in [1.54, 1.807) is 14.2 Å². The molecule has 1 aliphatic rings. The number of likely N-dealkylation sites (tertiary alicyclic amines) is 1. The molecule has 1 fully saturated rings. The Balaban J connectivity index is 1.47. The predicted octanol–water partition coefficient (Wildman–Crippen LogP) is 4.91. The maximum atomic E-state index is 5.56. The lowest BCUT2D eigenvalue weighted by molar-refractivity contribution is 0.212. The third kappa shape index (κ3) is 6.32. The summed E-state index contributed by atoms with van der Waals surface area (Å²) in [6, 6.07) is 13.0. The monoisotopic (exact) mass is 529 g/mol. The van der Waals surface area contributed by atoms with Gasteiger partial charge in [-0.3, -0.25) is 9.67 Å². The molecule has 5 rings (SSSR count). The summed E-state index contributed by atoms with van der Waals surface area (Å²) in [4.78, 5) is 14.4. The van der Waals surface area contributed by atoms with Crippen molar-refractivity contribution in [1.29, 1.82) is 0 Å². The van der Waals surface area contributed by atoms with Crippen LogP contribution >= 0.6 is 0 Å². The fourth-order valence-electron chi connectivity index (χ4n) is 5.06. The summed E-state index contributed by atoms with van der Waals surface area (Å²) in [5.41, 5.74) is 5.53. The van der Waals surface area contributed by atoms with Gasteiger partial charge >= 0.3 is 0 Å². The molecule has 0 unspecified atom stereocenters. The van der Waals surface area contributed by atoms with Crippen LogP contribution in [0.3, 0.4) is 0 Å². The summed E-state index contributed by atoms with van der Waals surface area (Å²) in [5.74, 6) is 1.49. The van der Waals surface area contributed by atoms with Gasteiger partial charge in [0.05, 0.1) is 49.4 Å². The summed E-state index contributed by atoms with van der Waals surface area (Å²) in [7, 11) is 5.52. The van der Waals surface area contributed by atoms with Gasteiger partial charge < -0.3 is 24.6 Å². The summed E-state index contributed by atoms with van der Waals surface area (Å²) in [6.45, 7) is 8.08. The molecule has 2 aromatic heterocycles. The number of ether oxygens (including phenoxy) is 2. The maximum absolute atomic E-state index is 5.56. The summed E-state index contributed by atoms with van der Waals surface area (Å²) < 4.78 is 13.2. The number of aromatic nitrogens is 4. The molecule has 0 atom stereocenters. The van der Waals surface area contributed by atoms with Crippen molar-refractivity contribution in [3.63, 3.8) is 0 Å². The second kappa shape index (κ2) is 12.0. The number of rotatable bonds is 10. The highest BCUT2D eigenvalue weighted by molar-refractivity contribution is 5.82. The molecule has 9 nitrogen and oxygen atoms in total. The Morgan fingerprint density at radius 1 is 0.974 bits per heavy atom. The summed E-state index contributed by atoms with van der Waals surface area (Å²) in [6.07, 6.45) is 8.09. The van der Waals surface area contributed by atoms with Crippen LogP contribution in [0.2, 0.25) is 0 Å². The van der Waals surface area contributed by atoms with E-state index in [-0.39, 0.29) is 0 Å². The van der Waals surface area contributed by atoms with Crippen molar-refractivity contribution >= 4 is 22.4 Å². The SMILES string of the molecule is COc1cc(OC)cc(N(CCNC(C)C)c2ccc3ncc(-c4cnn(C5CCN(C)CC5)c4)nc3c2)c1. The van der Waals surface area contributed by atoms with E-state index in [1.165, 1.54) is 0 Å². The van der Waals surface area contributed by atoms with Crippen molar-refractivity contribution in [2.75, 3.05) is 52.3 Å². The van der Waals surface area contributed by atoms with Gasteiger partial charge in [0.15, 0.2) is 0 Å². The van der Waals surface area contributed by atoms with Gasteiger partial charge in [-0.15, -0.1) is 0 Å². The molecule has 0 spiro atoms. The number of fused-ring (bicyclic) bond motifs is 1. The minimum atomic E-state index is 0.396. The molecule has 1 N–H and O–H groups in total. The number of hydrogen-bond acceptors (Lipinski definition) is 8.